The Morgan fingerprint density at radius 3 is 2.78 bits per heavy atom. The molecule has 0 atom stereocenters. The quantitative estimate of drug-likeness (QED) is 0.348. The molecule has 0 nitrogen and oxygen atoms in total. The van der Waals surface area contributed by atoms with Crippen LogP contribution < -0.4 is 0 Å². The molecule has 0 spiro atoms. The average Bonchev–Trinajstić information content (AvgIpc) is 1.89. The summed E-state index contributed by atoms with van der Waals surface area (Å²) in [5.74, 6) is 4.72. The monoisotopic (exact) mass is 162 g/mol. The normalized spacial score (nSPS) is 8.22. The molecule has 0 aromatic rings. The summed E-state index contributed by atoms with van der Waals surface area (Å²) in [7, 11) is 0. The minimum absolute atomic E-state index is 0.778. The molecule has 0 bridgehead atoms. The highest BCUT2D eigenvalue weighted by Gasteiger charge is 1.83. The summed E-state index contributed by atoms with van der Waals surface area (Å²) in [5.41, 5.74) is 0. The highest BCUT2D eigenvalue weighted by Crippen LogP contribution is 2.02. The van der Waals surface area contributed by atoms with Gasteiger partial charge in [-0.25, -0.2) is 0 Å². The summed E-state index contributed by atoms with van der Waals surface area (Å²) in [6.07, 6.45) is 2.29. The summed E-state index contributed by atoms with van der Waals surface area (Å²) >= 11 is 7.14. The van der Waals surface area contributed by atoms with Gasteiger partial charge in [-0.15, -0.1) is 11.6 Å². The third-order valence-corrected chi connectivity index (χ3v) is 1.91. The van der Waals surface area contributed by atoms with E-state index in [2.05, 4.69) is 11.2 Å². The van der Waals surface area contributed by atoms with Crippen LogP contribution in [0.2, 0.25) is 0 Å². The van der Waals surface area contributed by atoms with Gasteiger partial charge < -0.3 is 0 Å². The summed E-state index contributed by atoms with van der Waals surface area (Å²) in [5, 5.41) is 2.93. The fourth-order valence-corrected chi connectivity index (χ4v) is 1.18. The molecule has 0 N–H and O–H groups in total. The SMILES string of the molecule is CC#CSCCCCCl. The maximum atomic E-state index is 5.47. The second kappa shape index (κ2) is 8.20. The molecule has 2 heteroatoms. The number of thioether (sulfide) groups is 1. The number of unbranched alkanes of at least 4 members (excludes halogenated alkanes) is 1. The van der Waals surface area contributed by atoms with Crippen molar-refractivity contribution in [2.24, 2.45) is 0 Å². The number of hydrogen-bond acceptors (Lipinski definition) is 1. The van der Waals surface area contributed by atoms with Crippen molar-refractivity contribution in [3.05, 3.63) is 0 Å². The number of rotatable bonds is 4. The first-order chi connectivity index (χ1) is 4.41. The molecule has 0 aromatic heterocycles. The molecule has 0 aliphatic rings. The standard InChI is InChI=1S/C7H11ClS/c1-2-6-9-7-4-3-5-8/h3-5,7H2,1H3. The minimum atomic E-state index is 0.778. The van der Waals surface area contributed by atoms with Gasteiger partial charge in [-0.2, -0.15) is 0 Å². The van der Waals surface area contributed by atoms with Crippen molar-refractivity contribution in [3.63, 3.8) is 0 Å². The van der Waals surface area contributed by atoms with Crippen molar-refractivity contribution >= 4 is 23.4 Å². The molecular weight excluding hydrogens is 152 g/mol. The molecule has 0 saturated heterocycles. The molecule has 0 aliphatic carbocycles. The Labute approximate surface area is 66.4 Å². The van der Waals surface area contributed by atoms with Crippen LogP contribution in [0, 0.1) is 11.2 Å². The Hall–Kier alpha value is 0.200. The average molecular weight is 163 g/mol. The van der Waals surface area contributed by atoms with Crippen LogP contribution in [-0.4, -0.2) is 11.6 Å². The number of halogens is 1. The van der Waals surface area contributed by atoms with E-state index in [9.17, 15) is 0 Å². The molecule has 0 amide bonds. The van der Waals surface area contributed by atoms with Gasteiger partial charge in [-0.3, -0.25) is 0 Å². The van der Waals surface area contributed by atoms with Crippen LogP contribution in [0.25, 0.3) is 0 Å². The van der Waals surface area contributed by atoms with Crippen molar-refractivity contribution in [3.8, 4) is 11.2 Å². The van der Waals surface area contributed by atoms with Crippen molar-refractivity contribution < 1.29 is 0 Å². The topological polar surface area (TPSA) is 0 Å². The van der Waals surface area contributed by atoms with Gasteiger partial charge >= 0.3 is 0 Å². The van der Waals surface area contributed by atoms with Crippen LogP contribution in [0.5, 0.6) is 0 Å². The molecule has 0 saturated carbocycles. The van der Waals surface area contributed by atoms with Crippen molar-refractivity contribution in [2.75, 3.05) is 11.6 Å². The predicted molar refractivity (Wildman–Crippen MR) is 45.9 cm³/mol. The Kier molecular flexibility index (Phi) is 8.38. The van der Waals surface area contributed by atoms with Crippen LogP contribution >= 0.6 is 23.4 Å². The first kappa shape index (κ1) is 9.20. The summed E-state index contributed by atoms with van der Waals surface area (Å²) in [4.78, 5) is 0. The number of hydrogen-bond donors (Lipinski definition) is 0. The lowest BCUT2D eigenvalue weighted by molar-refractivity contribution is 0.904. The van der Waals surface area contributed by atoms with Gasteiger partial charge in [-0.05, 0) is 25.0 Å². The summed E-state index contributed by atoms with van der Waals surface area (Å²) in [6, 6.07) is 0. The molecular formula is C7H11ClS. The second-order valence-corrected chi connectivity index (χ2v) is 2.88. The van der Waals surface area contributed by atoms with Crippen LogP contribution in [-0.2, 0) is 0 Å². The zero-order valence-electron chi connectivity index (χ0n) is 5.61. The number of alkyl halides is 1. The van der Waals surface area contributed by atoms with E-state index in [-0.39, 0.29) is 0 Å². The van der Waals surface area contributed by atoms with E-state index in [0.717, 1.165) is 18.1 Å². The highest BCUT2D eigenvalue weighted by molar-refractivity contribution is 8.03. The zero-order valence-corrected chi connectivity index (χ0v) is 7.19. The third-order valence-electron chi connectivity index (χ3n) is 0.804. The molecule has 0 heterocycles. The van der Waals surface area contributed by atoms with E-state index in [1.807, 2.05) is 6.92 Å². The van der Waals surface area contributed by atoms with E-state index in [4.69, 9.17) is 11.6 Å². The Morgan fingerprint density at radius 1 is 1.44 bits per heavy atom. The van der Waals surface area contributed by atoms with Gasteiger partial charge in [0, 0.05) is 11.6 Å². The van der Waals surface area contributed by atoms with Gasteiger partial charge in [0.15, 0.2) is 0 Å². The Bertz CT molecular complexity index is 101. The van der Waals surface area contributed by atoms with E-state index in [1.165, 1.54) is 6.42 Å². The van der Waals surface area contributed by atoms with Crippen LogP contribution in [0.1, 0.15) is 19.8 Å². The second-order valence-electron chi connectivity index (χ2n) is 1.60. The fraction of sp³-hybridized carbons (Fsp3) is 0.714. The lowest BCUT2D eigenvalue weighted by Crippen LogP contribution is -1.78. The third kappa shape index (κ3) is 8.20. The van der Waals surface area contributed by atoms with Crippen molar-refractivity contribution in [1.82, 2.24) is 0 Å². The van der Waals surface area contributed by atoms with Gasteiger partial charge in [0.2, 0.25) is 0 Å². The molecule has 9 heavy (non-hydrogen) atoms. The van der Waals surface area contributed by atoms with Gasteiger partial charge in [-0.1, -0.05) is 17.7 Å². The molecule has 52 valence electrons. The first-order valence-electron chi connectivity index (χ1n) is 3.01. The van der Waals surface area contributed by atoms with Crippen LogP contribution in [0.4, 0.5) is 0 Å². The maximum absolute atomic E-state index is 5.47. The van der Waals surface area contributed by atoms with Crippen molar-refractivity contribution in [2.45, 2.75) is 19.8 Å². The lowest BCUT2D eigenvalue weighted by Gasteiger charge is -1.89. The molecule has 0 aromatic carbocycles. The van der Waals surface area contributed by atoms with Gasteiger partial charge in [0.05, 0.1) is 0 Å². The van der Waals surface area contributed by atoms with E-state index in [1.54, 1.807) is 11.8 Å². The zero-order chi connectivity index (χ0) is 6.95. The molecule has 0 rings (SSSR count). The smallest absolute Gasteiger partial charge is 0.0223 e. The summed E-state index contributed by atoms with van der Waals surface area (Å²) in [6.45, 7) is 1.86. The molecule has 0 unspecified atom stereocenters. The predicted octanol–water partition coefficient (Wildman–Crippen LogP) is 2.72. The van der Waals surface area contributed by atoms with Gasteiger partial charge in [0.1, 0.15) is 0 Å². The fourth-order valence-electron chi connectivity index (χ4n) is 0.392. The highest BCUT2D eigenvalue weighted by atomic mass is 35.5. The lowest BCUT2D eigenvalue weighted by atomic mass is 10.4. The minimum Gasteiger partial charge on any atom is -0.127 e. The van der Waals surface area contributed by atoms with Crippen molar-refractivity contribution in [1.29, 1.82) is 0 Å². The molecule has 0 radical (unpaired) electrons. The van der Waals surface area contributed by atoms with Crippen LogP contribution in [0.15, 0.2) is 0 Å². The van der Waals surface area contributed by atoms with E-state index < -0.39 is 0 Å². The Balaban J connectivity index is 2.80. The maximum Gasteiger partial charge on any atom is 0.0223 e. The van der Waals surface area contributed by atoms with E-state index >= 15 is 0 Å². The van der Waals surface area contributed by atoms with Gasteiger partial charge in [0.25, 0.3) is 0 Å². The van der Waals surface area contributed by atoms with E-state index in [0.29, 0.717) is 0 Å². The Morgan fingerprint density at radius 2 is 2.22 bits per heavy atom. The largest absolute Gasteiger partial charge is 0.127 e. The molecule has 0 aliphatic heterocycles. The van der Waals surface area contributed by atoms with Crippen LogP contribution in [0.3, 0.4) is 0 Å². The first-order valence-corrected chi connectivity index (χ1v) is 4.53. The molecule has 0 fully saturated rings. The summed E-state index contributed by atoms with van der Waals surface area (Å²) < 4.78 is 0.